The van der Waals surface area contributed by atoms with E-state index in [0.29, 0.717) is 19.5 Å². The van der Waals surface area contributed by atoms with Gasteiger partial charge in [-0.15, -0.1) is 12.4 Å². The van der Waals surface area contributed by atoms with E-state index < -0.39 is 10.2 Å². The molecule has 0 bridgehead atoms. The first kappa shape index (κ1) is 16.5. The van der Waals surface area contributed by atoms with Gasteiger partial charge in [-0.1, -0.05) is 6.92 Å². The number of hydrogen-bond donors (Lipinski definition) is 2. The Kier molecular flexibility index (Phi) is 8.77. The highest BCUT2D eigenvalue weighted by molar-refractivity contribution is 7.87. The van der Waals surface area contributed by atoms with Crippen LogP contribution >= 0.6 is 12.4 Å². The second kappa shape index (κ2) is 7.42. The van der Waals surface area contributed by atoms with E-state index >= 15 is 0 Å². The van der Waals surface area contributed by atoms with Crippen LogP contribution in [0.5, 0.6) is 0 Å². The van der Waals surface area contributed by atoms with Crippen molar-refractivity contribution in [3.8, 4) is 0 Å². The lowest BCUT2D eigenvalue weighted by Gasteiger charge is -2.15. The molecule has 0 aromatic rings. The van der Waals surface area contributed by atoms with Crippen molar-refractivity contribution in [2.24, 2.45) is 5.73 Å². The van der Waals surface area contributed by atoms with Crippen LogP contribution in [0.3, 0.4) is 0 Å². The van der Waals surface area contributed by atoms with Crippen molar-refractivity contribution in [2.45, 2.75) is 26.3 Å². The zero-order valence-corrected chi connectivity index (χ0v) is 10.5. The molecule has 0 saturated heterocycles. The Morgan fingerprint density at radius 3 is 2.36 bits per heavy atom. The van der Waals surface area contributed by atoms with E-state index in [9.17, 15) is 8.42 Å². The van der Waals surface area contributed by atoms with Gasteiger partial charge in [-0.2, -0.15) is 12.7 Å². The third-order valence-electron chi connectivity index (χ3n) is 1.74. The number of nitrogens with zero attached hydrogens (tertiary/aromatic N) is 1. The summed E-state index contributed by atoms with van der Waals surface area (Å²) in [6, 6.07) is 0.0228. The quantitative estimate of drug-likeness (QED) is 0.688. The standard InChI is InChI=1S/C7H19N3O2S.ClH/c1-4-10(3)13(11,12)9-6-5-7(2)8;/h7,9H,4-6,8H2,1-3H3;1H. The Balaban J connectivity index is 0. The SMILES string of the molecule is CCN(C)S(=O)(=O)NCCC(C)N.Cl. The van der Waals surface area contributed by atoms with Gasteiger partial charge in [-0.25, -0.2) is 4.72 Å². The molecule has 0 aromatic heterocycles. The fourth-order valence-corrected chi connectivity index (χ4v) is 1.63. The molecular formula is C7H20ClN3O2S. The molecule has 88 valence electrons. The smallest absolute Gasteiger partial charge is 0.279 e. The van der Waals surface area contributed by atoms with E-state index in [1.807, 2.05) is 6.92 Å². The summed E-state index contributed by atoms with van der Waals surface area (Å²) in [5.74, 6) is 0. The predicted molar refractivity (Wildman–Crippen MR) is 60.7 cm³/mol. The highest BCUT2D eigenvalue weighted by Gasteiger charge is 2.14. The average Bonchev–Trinajstić information content (AvgIpc) is 2.01. The van der Waals surface area contributed by atoms with Gasteiger partial charge < -0.3 is 5.73 Å². The summed E-state index contributed by atoms with van der Waals surface area (Å²) < 4.78 is 26.4. The fourth-order valence-electron chi connectivity index (χ4n) is 0.696. The zero-order valence-electron chi connectivity index (χ0n) is 8.86. The molecule has 5 nitrogen and oxygen atoms in total. The minimum Gasteiger partial charge on any atom is -0.328 e. The van der Waals surface area contributed by atoms with Crippen LogP contribution in [0.1, 0.15) is 20.3 Å². The summed E-state index contributed by atoms with van der Waals surface area (Å²) in [6.07, 6.45) is 0.650. The molecule has 0 aliphatic rings. The summed E-state index contributed by atoms with van der Waals surface area (Å²) in [5, 5.41) is 0. The Morgan fingerprint density at radius 2 is 2.00 bits per heavy atom. The van der Waals surface area contributed by atoms with Crippen LogP contribution in [0.15, 0.2) is 0 Å². The molecule has 14 heavy (non-hydrogen) atoms. The lowest BCUT2D eigenvalue weighted by molar-refractivity contribution is 0.470. The lowest BCUT2D eigenvalue weighted by atomic mass is 10.3. The number of halogens is 1. The monoisotopic (exact) mass is 245 g/mol. The van der Waals surface area contributed by atoms with Crippen molar-refractivity contribution in [1.82, 2.24) is 9.03 Å². The van der Waals surface area contributed by atoms with E-state index in [1.165, 1.54) is 11.4 Å². The van der Waals surface area contributed by atoms with Crippen molar-refractivity contribution < 1.29 is 8.42 Å². The Morgan fingerprint density at radius 1 is 1.50 bits per heavy atom. The average molecular weight is 246 g/mol. The summed E-state index contributed by atoms with van der Waals surface area (Å²) in [4.78, 5) is 0. The van der Waals surface area contributed by atoms with Crippen molar-refractivity contribution in [2.75, 3.05) is 20.1 Å². The molecule has 1 unspecified atom stereocenters. The third kappa shape index (κ3) is 6.56. The molecule has 7 heteroatoms. The van der Waals surface area contributed by atoms with Crippen molar-refractivity contribution in [3.05, 3.63) is 0 Å². The first-order chi connectivity index (χ1) is 5.90. The van der Waals surface area contributed by atoms with Gasteiger partial charge in [0.15, 0.2) is 0 Å². The first-order valence-electron chi connectivity index (χ1n) is 4.36. The Bertz CT molecular complexity index is 231. The molecule has 0 spiro atoms. The number of nitrogens with one attached hydrogen (secondary N) is 1. The second-order valence-electron chi connectivity index (χ2n) is 3.08. The molecule has 0 aliphatic carbocycles. The number of rotatable bonds is 6. The van der Waals surface area contributed by atoms with Gasteiger partial charge in [0.05, 0.1) is 0 Å². The minimum atomic E-state index is -3.28. The third-order valence-corrected chi connectivity index (χ3v) is 3.39. The molecule has 0 radical (unpaired) electrons. The fraction of sp³-hybridized carbons (Fsp3) is 1.00. The lowest BCUT2D eigenvalue weighted by Crippen LogP contribution is -2.39. The van der Waals surface area contributed by atoms with Crippen LogP contribution < -0.4 is 10.5 Å². The summed E-state index contributed by atoms with van der Waals surface area (Å²) in [7, 11) is -1.74. The van der Waals surface area contributed by atoms with E-state index in [0.717, 1.165) is 0 Å². The van der Waals surface area contributed by atoms with Crippen molar-refractivity contribution in [3.63, 3.8) is 0 Å². The van der Waals surface area contributed by atoms with Crippen molar-refractivity contribution in [1.29, 1.82) is 0 Å². The molecule has 0 saturated carbocycles. The van der Waals surface area contributed by atoms with Crippen LogP contribution in [0.2, 0.25) is 0 Å². The van der Waals surface area contributed by atoms with Crippen LogP contribution in [0.25, 0.3) is 0 Å². The molecule has 3 N–H and O–H groups in total. The van der Waals surface area contributed by atoms with Gasteiger partial charge in [0.2, 0.25) is 0 Å². The van der Waals surface area contributed by atoms with E-state index in [4.69, 9.17) is 5.73 Å². The maximum atomic E-state index is 11.3. The molecule has 1 atom stereocenters. The topological polar surface area (TPSA) is 75.4 Å². The molecule has 0 aliphatic heterocycles. The van der Waals surface area contributed by atoms with Gasteiger partial charge >= 0.3 is 0 Å². The molecule has 0 aromatic carbocycles. The van der Waals surface area contributed by atoms with Crippen LogP contribution in [0, 0.1) is 0 Å². The van der Waals surface area contributed by atoms with Crippen molar-refractivity contribution >= 4 is 22.6 Å². The summed E-state index contributed by atoms with van der Waals surface area (Å²) in [5.41, 5.74) is 5.48. The van der Waals surface area contributed by atoms with Crippen LogP contribution in [-0.2, 0) is 10.2 Å². The maximum absolute atomic E-state index is 11.3. The molecule has 0 amide bonds. The van der Waals surface area contributed by atoms with E-state index in [2.05, 4.69) is 4.72 Å². The van der Waals surface area contributed by atoms with E-state index in [-0.39, 0.29) is 18.4 Å². The second-order valence-corrected chi connectivity index (χ2v) is 4.94. The first-order valence-corrected chi connectivity index (χ1v) is 5.80. The number of nitrogens with two attached hydrogens (primary N) is 1. The highest BCUT2D eigenvalue weighted by Crippen LogP contribution is 1.93. The normalized spacial score (nSPS) is 13.8. The molecule has 0 fully saturated rings. The van der Waals surface area contributed by atoms with Gasteiger partial charge in [0, 0.05) is 26.2 Å². The van der Waals surface area contributed by atoms with Gasteiger partial charge in [0.25, 0.3) is 10.2 Å². The molecule has 0 rings (SSSR count). The van der Waals surface area contributed by atoms with Gasteiger partial charge in [-0.05, 0) is 13.3 Å². The summed E-state index contributed by atoms with van der Waals surface area (Å²) in [6.45, 7) is 4.49. The molecular weight excluding hydrogens is 226 g/mol. The van der Waals surface area contributed by atoms with E-state index in [1.54, 1.807) is 6.92 Å². The summed E-state index contributed by atoms with van der Waals surface area (Å²) >= 11 is 0. The molecule has 0 heterocycles. The Hall–Kier alpha value is 0.120. The predicted octanol–water partition coefficient (Wildman–Crippen LogP) is -0.0684. The number of hydrogen-bond acceptors (Lipinski definition) is 3. The maximum Gasteiger partial charge on any atom is 0.279 e. The largest absolute Gasteiger partial charge is 0.328 e. The van der Waals surface area contributed by atoms with Crippen LogP contribution in [-0.4, -0.2) is 38.9 Å². The Labute approximate surface area is 92.6 Å². The van der Waals surface area contributed by atoms with Gasteiger partial charge in [0.1, 0.15) is 0 Å². The highest BCUT2D eigenvalue weighted by atomic mass is 35.5. The van der Waals surface area contributed by atoms with Gasteiger partial charge in [-0.3, -0.25) is 0 Å². The zero-order chi connectivity index (χ0) is 10.5. The minimum absolute atomic E-state index is 0. The van der Waals surface area contributed by atoms with Crippen LogP contribution in [0.4, 0.5) is 0 Å².